The lowest BCUT2D eigenvalue weighted by molar-refractivity contribution is 0.245. The van der Waals surface area contributed by atoms with Gasteiger partial charge in [0.15, 0.2) is 4.67 Å². The van der Waals surface area contributed by atoms with Crippen LogP contribution < -0.4 is 4.72 Å². The molecular formula is C12H20BrNO4S. The Morgan fingerprint density at radius 2 is 2.11 bits per heavy atom. The quantitative estimate of drug-likeness (QED) is 0.789. The van der Waals surface area contributed by atoms with Crippen molar-refractivity contribution in [2.24, 2.45) is 5.92 Å². The van der Waals surface area contributed by atoms with Crippen molar-refractivity contribution in [1.29, 1.82) is 0 Å². The van der Waals surface area contributed by atoms with Crippen LogP contribution in [-0.2, 0) is 16.6 Å². The molecule has 1 aromatic rings. The number of aliphatic hydroxyl groups excluding tert-OH is 1. The summed E-state index contributed by atoms with van der Waals surface area (Å²) in [6, 6.07) is 1.17. The van der Waals surface area contributed by atoms with Gasteiger partial charge in [0.25, 0.3) is 0 Å². The molecule has 1 aromatic heterocycles. The molecule has 2 unspecified atom stereocenters. The normalized spacial score (nSPS) is 15.4. The first-order valence-corrected chi connectivity index (χ1v) is 8.49. The minimum absolute atomic E-state index is 0.0209. The first-order chi connectivity index (χ1) is 8.80. The lowest BCUT2D eigenvalue weighted by atomic mass is 10.0. The standard InChI is InChI=1S/C12H20BrNO4S/c1-4-8(2)5-9(3)14-19(16,17)11-6-10(7-15)18-12(11)13/h6,8-9,14-15H,4-5,7H2,1-3H3. The van der Waals surface area contributed by atoms with Gasteiger partial charge in [-0.05, 0) is 35.2 Å². The number of nitrogens with one attached hydrogen (secondary N) is 1. The summed E-state index contributed by atoms with van der Waals surface area (Å²) in [5, 5.41) is 8.94. The number of halogens is 1. The maximum Gasteiger partial charge on any atom is 0.245 e. The fourth-order valence-corrected chi connectivity index (χ4v) is 4.06. The predicted molar refractivity (Wildman–Crippen MR) is 76.2 cm³/mol. The van der Waals surface area contributed by atoms with Gasteiger partial charge in [0.05, 0.1) is 0 Å². The summed E-state index contributed by atoms with van der Waals surface area (Å²) in [4.78, 5) is 0.0209. The van der Waals surface area contributed by atoms with E-state index in [4.69, 9.17) is 9.52 Å². The highest BCUT2D eigenvalue weighted by molar-refractivity contribution is 9.10. The van der Waals surface area contributed by atoms with Crippen molar-refractivity contribution in [2.75, 3.05) is 0 Å². The van der Waals surface area contributed by atoms with E-state index in [0.717, 1.165) is 12.8 Å². The highest BCUT2D eigenvalue weighted by Crippen LogP contribution is 2.26. The Hall–Kier alpha value is -0.370. The van der Waals surface area contributed by atoms with E-state index in [0.29, 0.717) is 5.92 Å². The summed E-state index contributed by atoms with van der Waals surface area (Å²) in [5.74, 6) is 0.667. The summed E-state index contributed by atoms with van der Waals surface area (Å²) >= 11 is 3.05. The van der Waals surface area contributed by atoms with Crippen molar-refractivity contribution < 1.29 is 17.9 Å². The van der Waals surface area contributed by atoms with Crippen molar-refractivity contribution >= 4 is 26.0 Å². The molecule has 0 fully saturated rings. The predicted octanol–water partition coefficient (Wildman–Crippen LogP) is 2.64. The van der Waals surface area contributed by atoms with Gasteiger partial charge in [-0.25, -0.2) is 13.1 Å². The fourth-order valence-electron chi connectivity index (χ4n) is 1.81. The van der Waals surface area contributed by atoms with Gasteiger partial charge in [-0.2, -0.15) is 0 Å². The van der Waals surface area contributed by atoms with Crippen LogP contribution in [0.4, 0.5) is 0 Å². The molecule has 110 valence electrons. The molecule has 1 rings (SSSR count). The van der Waals surface area contributed by atoms with Crippen LogP contribution in [-0.4, -0.2) is 19.6 Å². The number of furan rings is 1. The smallest absolute Gasteiger partial charge is 0.245 e. The number of rotatable bonds is 7. The first kappa shape index (κ1) is 16.7. The Balaban J connectivity index is 2.83. The van der Waals surface area contributed by atoms with Gasteiger partial charge in [-0.15, -0.1) is 0 Å². The van der Waals surface area contributed by atoms with Gasteiger partial charge in [0.1, 0.15) is 17.3 Å². The number of aliphatic hydroxyl groups is 1. The Morgan fingerprint density at radius 1 is 1.47 bits per heavy atom. The van der Waals surface area contributed by atoms with Crippen LogP contribution in [0.1, 0.15) is 39.4 Å². The summed E-state index contributed by atoms with van der Waals surface area (Å²) in [5.41, 5.74) is 0. The third-order valence-electron chi connectivity index (χ3n) is 2.96. The van der Waals surface area contributed by atoms with E-state index in [1.165, 1.54) is 6.07 Å². The molecule has 2 atom stereocenters. The van der Waals surface area contributed by atoms with E-state index in [9.17, 15) is 8.42 Å². The summed E-state index contributed by atoms with van der Waals surface area (Å²) in [7, 11) is -3.64. The Labute approximate surface area is 122 Å². The zero-order valence-electron chi connectivity index (χ0n) is 11.3. The van der Waals surface area contributed by atoms with Crippen LogP contribution >= 0.6 is 15.9 Å². The number of hydrogen-bond donors (Lipinski definition) is 2. The SMILES string of the molecule is CCC(C)CC(C)NS(=O)(=O)c1cc(CO)oc1Br. The van der Waals surface area contributed by atoms with Crippen LogP contribution in [0.5, 0.6) is 0 Å². The molecule has 0 aliphatic carbocycles. The summed E-state index contributed by atoms with van der Waals surface area (Å²) in [6.45, 7) is 5.66. The molecule has 0 spiro atoms. The molecule has 0 aliphatic rings. The van der Waals surface area contributed by atoms with Crippen molar-refractivity contribution in [3.63, 3.8) is 0 Å². The van der Waals surface area contributed by atoms with Gasteiger partial charge in [0, 0.05) is 12.1 Å². The molecule has 0 bridgehead atoms. The van der Waals surface area contributed by atoms with E-state index in [2.05, 4.69) is 34.5 Å². The van der Waals surface area contributed by atoms with Crippen LogP contribution in [0.2, 0.25) is 0 Å². The summed E-state index contributed by atoms with van der Waals surface area (Å²) in [6.07, 6.45) is 1.79. The number of sulfonamides is 1. The molecule has 7 heteroatoms. The van der Waals surface area contributed by atoms with E-state index >= 15 is 0 Å². The van der Waals surface area contributed by atoms with Crippen LogP contribution in [0.15, 0.2) is 20.0 Å². The van der Waals surface area contributed by atoms with Crippen molar-refractivity contribution in [1.82, 2.24) is 4.72 Å². The average molecular weight is 354 g/mol. The second-order valence-corrected chi connectivity index (χ2v) is 7.18. The third-order valence-corrected chi connectivity index (χ3v) is 5.41. The molecule has 0 aromatic carbocycles. The minimum Gasteiger partial charge on any atom is -0.450 e. The molecular weight excluding hydrogens is 334 g/mol. The molecule has 19 heavy (non-hydrogen) atoms. The highest BCUT2D eigenvalue weighted by Gasteiger charge is 2.24. The highest BCUT2D eigenvalue weighted by atomic mass is 79.9. The maximum atomic E-state index is 12.2. The second kappa shape index (κ2) is 6.88. The molecule has 5 nitrogen and oxygen atoms in total. The molecule has 0 amide bonds. The van der Waals surface area contributed by atoms with Gasteiger partial charge in [-0.1, -0.05) is 20.3 Å². The zero-order chi connectivity index (χ0) is 14.6. The van der Waals surface area contributed by atoms with Gasteiger partial charge in [0.2, 0.25) is 10.0 Å². The Morgan fingerprint density at radius 3 is 2.58 bits per heavy atom. The third kappa shape index (κ3) is 4.59. The van der Waals surface area contributed by atoms with E-state index in [-0.39, 0.29) is 28.0 Å². The van der Waals surface area contributed by atoms with Crippen LogP contribution in [0, 0.1) is 5.92 Å². The zero-order valence-corrected chi connectivity index (χ0v) is 13.7. The average Bonchev–Trinajstić information content (AvgIpc) is 2.70. The molecule has 0 aliphatic heterocycles. The molecule has 0 saturated carbocycles. The first-order valence-electron chi connectivity index (χ1n) is 6.21. The fraction of sp³-hybridized carbons (Fsp3) is 0.667. The van der Waals surface area contributed by atoms with E-state index in [1.807, 2.05) is 6.92 Å². The topological polar surface area (TPSA) is 79.5 Å². The monoisotopic (exact) mass is 353 g/mol. The van der Waals surface area contributed by atoms with Crippen LogP contribution in [0.3, 0.4) is 0 Å². The number of hydrogen-bond acceptors (Lipinski definition) is 4. The van der Waals surface area contributed by atoms with Gasteiger partial charge in [-0.3, -0.25) is 0 Å². The molecule has 1 heterocycles. The van der Waals surface area contributed by atoms with Crippen molar-refractivity contribution in [3.8, 4) is 0 Å². The minimum atomic E-state index is -3.64. The lowest BCUT2D eigenvalue weighted by Gasteiger charge is -2.17. The van der Waals surface area contributed by atoms with E-state index < -0.39 is 10.0 Å². The van der Waals surface area contributed by atoms with E-state index in [1.54, 1.807) is 0 Å². The second-order valence-electron chi connectivity index (χ2n) is 4.78. The van der Waals surface area contributed by atoms with Crippen molar-refractivity contribution in [2.45, 2.75) is 51.2 Å². The molecule has 2 N–H and O–H groups in total. The Bertz CT molecular complexity index is 512. The summed E-state index contributed by atoms with van der Waals surface area (Å²) < 4.78 is 32.2. The Kier molecular flexibility index (Phi) is 6.04. The van der Waals surface area contributed by atoms with Gasteiger partial charge >= 0.3 is 0 Å². The lowest BCUT2D eigenvalue weighted by Crippen LogP contribution is -2.33. The van der Waals surface area contributed by atoms with Gasteiger partial charge < -0.3 is 9.52 Å². The maximum absolute atomic E-state index is 12.2. The van der Waals surface area contributed by atoms with Crippen molar-refractivity contribution in [3.05, 3.63) is 16.5 Å². The molecule has 0 saturated heterocycles. The largest absolute Gasteiger partial charge is 0.450 e. The molecule has 0 radical (unpaired) electrons. The van der Waals surface area contributed by atoms with Crippen LogP contribution in [0.25, 0.3) is 0 Å².